The van der Waals surface area contributed by atoms with Crippen LogP contribution >= 0.6 is 23.4 Å². The molecule has 10 heteroatoms. The molecule has 0 aliphatic carbocycles. The summed E-state index contributed by atoms with van der Waals surface area (Å²) >= 11 is 7.26. The van der Waals surface area contributed by atoms with Crippen LogP contribution in [0.1, 0.15) is 19.8 Å². The molecule has 4 rings (SSSR count). The summed E-state index contributed by atoms with van der Waals surface area (Å²) in [5, 5.41) is 6.75. The Bertz CT molecular complexity index is 876. The second-order valence-electron chi connectivity index (χ2n) is 7.07. The lowest BCUT2D eigenvalue weighted by Crippen LogP contribution is -2.38. The number of carbonyl (C=O) groups is 2. The minimum atomic E-state index is -0.413. The molecule has 1 unspecified atom stereocenters. The van der Waals surface area contributed by atoms with Gasteiger partial charge in [-0.2, -0.15) is 0 Å². The van der Waals surface area contributed by atoms with E-state index < -0.39 is 12.2 Å². The van der Waals surface area contributed by atoms with Crippen LogP contribution < -0.4 is 15.1 Å². The predicted molar refractivity (Wildman–Crippen MR) is 118 cm³/mol. The van der Waals surface area contributed by atoms with E-state index in [2.05, 4.69) is 15.4 Å². The summed E-state index contributed by atoms with van der Waals surface area (Å²) in [5.74, 6) is 0.784. The third-order valence-electron chi connectivity index (χ3n) is 5.09. The highest BCUT2D eigenvalue weighted by molar-refractivity contribution is 8.06. The first-order chi connectivity index (χ1) is 14.5. The zero-order chi connectivity index (χ0) is 21.1. The van der Waals surface area contributed by atoms with Gasteiger partial charge in [0.1, 0.15) is 18.5 Å². The molecule has 0 saturated carbocycles. The van der Waals surface area contributed by atoms with Crippen LogP contribution in [0.4, 0.5) is 16.2 Å². The molecule has 1 saturated heterocycles. The fourth-order valence-electron chi connectivity index (χ4n) is 3.54. The number of halogens is 1. The van der Waals surface area contributed by atoms with E-state index in [4.69, 9.17) is 21.2 Å². The maximum Gasteiger partial charge on any atom is 0.414 e. The number of hydrogen-bond acceptors (Lipinski definition) is 7. The minimum Gasteiger partial charge on any atom is -0.442 e. The molecule has 0 radical (unpaired) electrons. The van der Waals surface area contributed by atoms with Crippen molar-refractivity contribution in [2.24, 2.45) is 5.16 Å². The number of oxime groups is 1. The topological polar surface area (TPSA) is 83.5 Å². The standard InChI is InChI=1S/C20H23ClN4O4S/c1-2-18-23-28-10-9-24(18)13-3-5-14(6-4-13)25-12-15(29-20(25)27)11-22-19(26)16-7-8-17(21)30-16/h3-6,8,15-16H,2,7,9-12H2,1H3,(H,22,26)/t15-,16?/m0/s1. The summed E-state index contributed by atoms with van der Waals surface area (Å²) in [5.41, 5.74) is 1.75. The summed E-state index contributed by atoms with van der Waals surface area (Å²) in [6.07, 6.45) is 2.42. The minimum absolute atomic E-state index is 0.0929. The number of amides is 2. The van der Waals surface area contributed by atoms with Crippen LogP contribution in [-0.2, 0) is 14.4 Å². The van der Waals surface area contributed by atoms with Gasteiger partial charge >= 0.3 is 6.09 Å². The first-order valence-corrected chi connectivity index (χ1v) is 11.2. The summed E-state index contributed by atoms with van der Waals surface area (Å²) < 4.78 is 6.07. The van der Waals surface area contributed by atoms with Crippen molar-refractivity contribution in [2.75, 3.05) is 36.0 Å². The molecule has 0 bridgehead atoms. The highest BCUT2D eigenvalue weighted by Crippen LogP contribution is 2.34. The largest absolute Gasteiger partial charge is 0.442 e. The number of carbonyl (C=O) groups excluding carboxylic acids is 2. The lowest BCUT2D eigenvalue weighted by atomic mass is 10.2. The first kappa shape index (κ1) is 20.9. The monoisotopic (exact) mass is 450 g/mol. The van der Waals surface area contributed by atoms with Gasteiger partial charge in [-0.15, -0.1) is 11.8 Å². The zero-order valence-corrected chi connectivity index (χ0v) is 18.1. The number of cyclic esters (lactones) is 1. The van der Waals surface area contributed by atoms with Crippen molar-refractivity contribution in [1.29, 1.82) is 0 Å². The quantitative estimate of drug-likeness (QED) is 0.716. The Balaban J connectivity index is 1.33. The Kier molecular flexibility index (Phi) is 6.38. The van der Waals surface area contributed by atoms with Gasteiger partial charge in [-0.25, -0.2) is 4.79 Å². The Morgan fingerprint density at radius 2 is 2.03 bits per heavy atom. The number of nitrogens with one attached hydrogen (secondary N) is 1. The molecule has 2 amide bonds. The average molecular weight is 451 g/mol. The molecule has 3 aliphatic rings. The predicted octanol–water partition coefficient (Wildman–Crippen LogP) is 3.27. The second-order valence-corrected chi connectivity index (χ2v) is 8.95. The van der Waals surface area contributed by atoms with Crippen molar-refractivity contribution < 1.29 is 19.2 Å². The molecule has 30 heavy (non-hydrogen) atoms. The lowest BCUT2D eigenvalue weighted by molar-refractivity contribution is -0.120. The lowest BCUT2D eigenvalue weighted by Gasteiger charge is -2.28. The molecule has 2 atom stereocenters. The number of allylic oxidation sites excluding steroid dienone is 1. The number of nitrogens with zero attached hydrogens (tertiary/aromatic N) is 3. The van der Waals surface area contributed by atoms with Gasteiger partial charge in [-0.05, 0) is 30.7 Å². The van der Waals surface area contributed by atoms with Crippen LogP contribution in [0, 0.1) is 0 Å². The molecule has 0 spiro atoms. The Morgan fingerprint density at radius 1 is 1.30 bits per heavy atom. The summed E-state index contributed by atoms with van der Waals surface area (Å²) in [7, 11) is 0. The van der Waals surface area contributed by atoms with E-state index in [-0.39, 0.29) is 17.7 Å². The molecule has 160 valence electrons. The van der Waals surface area contributed by atoms with Crippen molar-refractivity contribution in [3.63, 3.8) is 0 Å². The SMILES string of the molecule is CCC1=NOCCN1c1ccc(N2C[C@H](CNC(=O)C3CC=C(Cl)S3)OC2=O)cc1. The molecule has 1 aromatic rings. The van der Waals surface area contributed by atoms with Crippen LogP contribution in [0.25, 0.3) is 0 Å². The van der Waals surface area contributed by atoms with E-state index in [0.29, 0.717) is 23.9 Å². The number of ether oxygens (including phenoxy) is 1. The fraction of sp³-hybridized carbons (Fsp3) is 0.450. The average Bonchev–Trinajstić information content (AvgIpc) is 3.37. The van der Waals surface area contributed by atoms with Gasteiger partial charge in [0.25, 0.3) is 0 Å². The van der Waals surface area contributed by atoms with Crippen molar-refractivity contribution in [1.82, 2.24) is 5.32 Å². The summed E-state index contributed by atoms with van der Waals surface area (Å²) in [4.78, 5) is 33.4. The van der Waals surface area contributed by atoms with Gasteiger partial charge in [0, 0.05) is 17.8 Å². The van der Waals surface area contributed by atoms with Gasteiger partial charge in [0.2, 0.25) is 5.91 Å². The van der Waals surface area contributed by atoms with Crippen molar-refractivity contribution >= 4 is 52.6 Å². The number of benzene rings is 1. The molecule has 1 fully saturated rings. The number of thioether (sulfide) groups is 1. The molecule has 3 heterocycles. The van der Waals surface area contributed by atoms with Crippen LogP contribution in [-0.4, -0.2) is 55.4 Å². The molecular weight excluding hydrogens is 428 g/mol. The van der Waals surface area contributed by atoms with Crippen LogP contribution in [0.2, 0.25) is 0 Å². The van der Waals surface area contributed by atoms with E-state index in [0.717, 1.165) is 30.2 Å². The maximum atomic E-state index is 12.3. The highest BCUT2D eigenvalue weighted by Gasteiger charge is 2.33. The molecule has 1 aromatic carbocycles. The molecular formula is C20H23ClN4O4S. The van der Waals surface area contributed by atoms with Crippen molar-refractivity contribution in [3.05, 3.63) is 34.7 Å². The number of amidine groups is 1. The van der Waals surface area contributed by atoms with E-state index in [1.807, 2.05) is 37.3 Å². The highest BCUT2D eigenvalue weighted by atomic mass is 35.5. The van der Waals surface area contributed by atoms with Gasteiger partial charge < -0.3 is 19.8 Å². The second kappa shape index (κ2) is 9.18. The van der Waals surface area contributed by atoms with E-state index in [9.17, 15) is 9.59 Å². The summed E-state index contributed by atoms with van der Waals surface area (Å²) in [6.45, 7) is 3.97. The Labute approximate surface area is 184 Å². The van der Waals surface area contributed by atoms with E-state index in [1.54, 1.807) is 4.90 Å². The Hall–Kier alpha value is -2.39. The van der Waals surface area contributed by atoms with Crippen molar-refractivity contribution in [2.45, 2.75) is 31.1 Å². The van der Waals surface area contributed by atoms with E-state index in [1.165, 1.54) is 11.8 Å². The summed E-state index contributed by atoms with van der Waals surface area (Å²) in [6, 6.07) is 7.71. The van der Waals surface area contributed by atoms with Crippen LogP contribution in [0.15, 0.2) is 39.9 Å². The normalized spacial score (nSPS) is 23.6. The maximum absolute atomic E-state index is 12.3. The van der Waals surface area contributed by atoms with Crippen LogP contribution in [0.3, 0.4) is 0 Å². The Morgan fingerprint density at radius 3 is 2.70 bits per heavy atom. The van der Waals surface area contributed by atoms with Crippen LogP contribution in [0.5, 0.6) is 0 Å². The van der Waals surface area contributed by atoms with Gasteiger partial charge in [-0.3, -0.25) is 9.69 Å². The smallest absolute Gasteiger partial charge is 0.414 e. The molecule has 1 N–H and O–H groups in total. The number of rotatable bonds is 6. The zero-order valence-electron chi connectivity index (χ0n) is 16.5. The van der Waals surface area contributed by atoms with Crippen molar-refractivity contribution in [3.8, 4) is 0 Å². The number of hydrogen-bond donors (Lipinski definition) is 1. The van der Waals surface area contributed by atoms with Gasteiger partial charge in [0.05, 0.1) is 29.2 Å². The van der Waals surface area contributed by atoms with Gasteiger partial charge in [-0.1, -0.05) is 29.8 Å². The first-order valence-electron chi connectivity index (χ1n) is 9.89. The third kappa shape index (κ3) is 4.52. The van der Waals surface area contributed by atoms with Gasteiger partial charge in [0.15, 0.2) is 0 Å². The van der Waals surface area contributed by atoms with E-state index >= 15 is 0 Å². The fourth-order valence-corrected chi connectivity index (χ4v) is 4.79. The molecule has 3 aliphatic heterocycles. The number of anilines is 2. The third-order valence-corrected chi connectivity index (χ3v) is 6.60. The molecule has 0 aromatic heterocycles. The molecule has 8 nitrogen and oxygen atoms in total.